The third-order valence-electron chi connectivity index (χ3n) is 2.23. The van der Waals surface area contributed by atoms with Gasteiger partial charge < -0.3 is 19.9 Å². The van der Waals surface area contributed by atoms with Gasteiger partial charge in [-0.2, -0.15) is 0 Å². The van der Waals surface area contributed by atoms with Crippen LogP contribution in [0.25, 0.3) is 0 Å². The highest BCUT2D eigenvalue weighted by Gasteiger charge is 2.12. The van der Waals surface area contributed by atoms with Crippen LogP contribution in [0, 0.1) is 0 Å². The van der Waals surface area contributed by atoms with Gasteiger partial charge >= 0.3 is 0 Å². The summed E-state index contributed by atoms with van der Waals surface area (Å²) in [4.78, 5) is 11.2. The van der Waals surface area contributed by atoms with Crippen molar-refractivity contribution in [3.8, 4) is 5.75 Å². The Morgan fingerprint density at radius 3 is 2.39 bits per heavy atom. The Hall–Kier alpha value is -1.59. The number of carbonyl (C=O) groups is 1. The minimum Gasteiger partial charge on any atom is -0.487 e. The average Bonchev–Trinajstić information content (AvgIpc) is 2.36. The summed E-state index contributed by atoms with van der Waals surface area (Å²) in [6, 6.07) is 6.82. The van der Waals surface area contributed by atoms with E-state index < -0.39 is 12.2 Å². The first-order chi connectivity index (χ1) is 8.69. The highest BCUT2D eigenvalue weighted by molar-refractivity contribution is 5.95. The van der Waals surface area contributed by atoms with Gasteiger partial charge in [-0.05, 0) is 26.0 Å². The van der Waals surface area contributed by atoms with Gasteiger partial charge in [0, 0.05) is 13.2 Å². The van der Waals surface area contributed by atoms with Gasteiger partial charge in [-0.1, -0.05) is 12.1 Å². The van der Waals surface area contributed by atoms with E-state index in [0.717, 1.165) is 0 Å². The summed E-state index contributed by atoms with van der Waals surface area (Å²) in [6.45, 7) is 5.04. The van der Waals surface area contributed by atoms with E-state index in [4.69, 9.17) is 19.9 Å². The lowest BCUT2D eigenvalue weighted by atomic mass is 10.2. The standard InChI is InChI=1S/C13H19NO4/c1-3-16-12(17-4-2)9-18-11-8-6-5-7-10(11)13(14)15/h5-8,12H,3-4,9H2,1-2H3,(H2,14,15). The quantitative estimate of drug-likeness (QED) is 0.714. The molecule has 0 saturated heterocycles. The number of carbonyl (C=O) groups excluding carboxylic acids is 1. The summed E-state index contributed by atoms with van der Waals surface area (Å²) < 4.78 is 16.2. The molecule has 0 unspecified atom stereocenters. The van der Waals surface area contributed by atoms with Crippen LogP contribution in [0.2, 0.25) is 0 Å². The smallest absolute Gasteiger partial charge is 0.252 e. The summed E-state index contributed by atoms with van der Waals surface area (Å²) in [5.74, 6) is -0.0793. The van der Waals surface area contributed by atoms with Gasteiger partial charge in [-0.15, -0.1) is 0 Å². The molecule has 0 aliphatic rings. The van der Waals surface area contributed by atoms with Crippen LogP contribution in [0.15, 0.2) is 24.3 Å². The molecule has 5 nitrogen and oxygen atoms in total. The van der Waals surface area contributed by atoms with Crippen molar-refractivity contribution < 1.29 is 19.0 Å². The number of rotatable bonds is 8. The molecule has 0 aliphatic carbocycles. The lowest BCUT2D eigenvalue weighted by Crippen LogP contribution is -2.26. The minimum absolute atomic E-state index is 0.214. The maximum Gasteiger partial charge on any atom is 0.252 e. The van der Waals surface area contributed by atoms with Gasteiger partial charge in [0.2, 0.25) is 0 Å². The average molecular weight is 253 g/mol. The van der Waals surface area contributed by atoms with Crippen LogP contribution in [0.4, 0.5) is 0 Å². The van der Waals surface area contributed by atoms with E-state index in [1.54, 1.807) is 24.3 Å². The second-order valence-corrected chi connectivity index (χ2v) is 3.51. The van der Waals surface area contributed by atoms with Crippen molar-refractivity contribution >= 4 is 5.91 Å². The van der Waals surface area contributed by atoms with Gasteiger partial charge in [0.25, 0.3) is 5.91 Å². The fourth-order valence-electron chi connectivity index (χ4n) is 1.47. The zero-order chi connectivity index (χ0) is 13.4. The largest absolute Gasteiger partial charge is 0.487 e. The number of benzene rings is 1. The number of amides is 1. The molecule has 0 heterocycles. The van der Waals surface area contributed by atoms with Crippen molar-refractivity contribution in [2.45, 2.75) is 20.1 Å². The van der Waals surface area contributed by atoms with Gasteiger partial charge in [0.05, 0.1) is 5.56 Å². The summed E-state index contributed by atoms with van der Waals surface area (Å²) in [7, 11) is 0. The lowest BCUT2D eigenvalue weighted by Gasteiger charge is -2.18. The first-order valence-corrected chi connectivity index (χ1v) is 5.93. The molecule has 0 aliphatic heterocycles. The molecule has 0 bridgehead atoms. The van der Waals surface area contributed by atoms with E-state index in [1.165, 1.54) is 0 Å². The van der Waals surface area contributed by atoms with E-state index in [9.17, 15) is 4.79 Å². The van der Waals surface area contributed by atoms with Crippen molar-refractivity contribution in [1.82, 2.24) is 0 Å². The lowest BCUT2D eigenvalue weighted by molar-refractivity contribution is -0.152. The fraction of sp³-hybridized carbons (Fsp3) is 0.462. The molecule has 1 aromatic carbocycles. The maximum atomic E-state index is 11.2. The Labute approximate surface area is 107 Å². The molecule has 5 heteroatoms. The summed E-state index contributed by atoms with van der Waals surface area (Å²) in [6.07, 6.45) is -0.444. The molecule has 0 spiro atoms. The van der Waals surface area contributed by atoms with Crippen molar-refractivity contribution in [2.75, 3.05) is 19.8 Å². The number of primary amides is 1. The Balaban J connectivity index is 2.63. The Morgan fingerprint density at radius 1 is 1.22 bits per heavy atom. The molecule has 0 fully saturated rings. The van der Waals surface area contributed by atoms with Gasteiger partial charge in [-0.3, -0.25) is 4.79 Å². The van der Waals surface area contributed by atoms with Crippen LogP contribution in [0.3, 0.4) is 0 Å². The van der Waals surface area contributed by atoms with Crippen molar-refractivity contribution in [3.05, 3.63) is 29.8 Å². The van der Waals surface area contributed by atoms with E-state index in [0.29, 0.717) is 24.5 Å². The first kappa shape index (κ1) is 14.5. The van der Waals surface area contributed by atoms with Crippen LogP contribution < -0.4 is 10.5 Å². The van der Waals surface area contributed by atoms with Gasteiger partial charge in [-0.25, -0.2) is 0 Å². The third kappa shape index (κ3) is 4.35. The number of hydrogen-bond donors (Lipinski definition) is 1. The summed E-state index contributed by atoms with van der Waals surface area (Å²) in [5.41, 5.74) is 5.61. The zero-order valence-corrected chi connectivity index (χ0v) is 10.7. The number of ether oxygens (including phenoxy) is 3. The van der Waals surface area contributed by atoms with E-state index in [2.05, 4.69) is 0 Å². The molecule has 1 rings (SSSR count). The molecule has 0 saturated carbocycles. The predicted octanol–water partition coefficient (Wildman–Crippen LogP) is 1.56. The summed E-state index contributed by atoms with van der Waals surface area (Å²) >= 11 is 0. The minimum atomic E-state index is -0.519. The molecular formula is C13H19NO4. The van der Waals surface area contributed by atoms with Crippen LogP contribution in [-0.2, 0) is 9.47 Å². The predicted molar refractivity (Wildman–Crippen MR) is 67.5 cm³/mol. The molecule has 0 atom stereocenters. The SMILES string of the molecule is CCOC(COc1ccccc1C(N)=O)OCC. The third-order valence-corrected chi connectivity index (χ3v) is 2.23. The highest BCUT2D eigenvalue weighted by atomic mass is 16.7. The highest BCUT2D eigenvalue weighted by Crippen LogP contribution is 2.17. The molecule has 2 N–H and O–H groups in total. The van der Waals surface area contributed by atoms with Crippen molar-refractivity contribution in [1.29, 1.82) is 0 Å². The Kier molecular flexibility index (Phi) is 6.18. The number of nitrogens with two attached hydrogens (primary N) is 1. The fourth-order valence-corrected chi connectivity index (χ4v) is 1.47. The normalized spacial score (nSPS) is 10.6. The number of para-hydroxylation sites is 1. The van der Waals surface area contributed by atoms with Crippen molar-refractivity contribution in [3.63, 3.8) is 0 Å². The topological polar surface area (TPSA) is 70.8 Å². The first-order valence-electron chi connectivity index (χ1n) is 5.93. The Bertz CT molecular complexity index is 375. The van der Waals surface area contributed by atoms with Gasteiger partial charge in [0.15, 0.2) is 6.29 Å². The molecule has 1 amide bonds. The second kappa shape index (κ2) is 7.68. The second-order valence-electron chi connectivity index (χ2n) is 3.51. The number of hydrogen-bond acceptors (Lipinski definition) is 4. The Morgan fingerprint density at radius 2 is 1.83 bits per heavy atom. The van der Waals surface area contributed by atoms with Gasteiger partial charge in [0.1, 0.15) is 12.4 Å². The molecule has 0 aromatic heterocycles. The monoisotopic (exact) mass is 253 g/mol. The summed E-state index contributed by atoms with van der Waals surface area (Å²) in [5, 5.41) is 0. The van der Waals surface area contributed by atoms with E-state index in [1.807, 2.05) is 13.8 Å². The molecule has 18 heavy (non-hydrogen) atoms. The van der Waals surface area contributed by atoms with Crippen LogP contribution in [0.1, 0.15) is 24.2 Å². The van der Waals surface area contributed by atoms with Crippen LogP contribution >= 0.6 is 0 Å². The maximum absolute atomic E-state index is 11.2. The zero-order valence-electron chi connectivity index (χ0n) is 10.7. The molecular weight excluding hydrogens is 234 g/mol. The van der Waals surface area contributed by atoms with Crippen LogP contribution in [0.5, 0.6) is 5.75 Å². The molecule has 0 radical (unpaired) electrons. The van der Waals surface area contributed by atoms with E-state index >= 15 is 0 Å². The van der Waals surface area contributed by atoms with E-state index in [-0.39, 0.29) is 6.61 Å². The molecule has 1 aromatic rings. The molecule has 100 valence electrons. The van der Waals surface area contributed by atoms with Crippen molar-refractivity contribution in [2.24, 2.45) is 5.73 Å². The van der Waals surface area contributed by atoms with Crippen LogP contribution in [-0.4, -0.2) is 32.0 Å².